The summed E-state index contributed by atoms with van der Waals surface area (Å²) in [4.78, 5) is 21.9. The largest absolute Gasteiger partial charge is 0.367 e. The molecule has 5 nitrogen and oxygen atoms in total. The van der Waals surface area contributed by atoms with Crippen LogP contribution in [0.15, 0.2) is 0 Å². The smallest absolute Gasteiger partial charge is 0.250 e. The summed E-state index contributed by atoms with van der Waals surface area (Å²) in [5.41, 5.74) is 3.86. The Bertz CT molecular complexity index is 229. The molecule has 1 aliphatic heterocycles. The van der Waals surface area contributed by atoms with Gasteiger partial charge < -0.3 is 15.8 Å². The zero-order valence-corrected chi connectivity index (χ0v) is 7.01. The van der Waals surface area contributed by atoms with Gasteiger partial charge in [0.05, 0.1) is 6.61 Å². The lowest BCUT2D eigenvalue weighted by atomic mass is 9.83. The molecule has 1 radical (unpaired) electrons. The molecule has 0 aromatic rings. The number of rotatable bonds is 2. The lowest BCUT2D eigenvalue weighted by Crippen LogP contribution is -2.62. The van der Waals surface area contributed by atoms with Crippen LogP contribution in [-0.4, -0.2) is 31.1 Å². The molecule has 1 fully saturated rings. The molecule has 1 saturated heterocycles. The number of hydrogen-bond donors (Lipinski definition) is 2. The molecule has 2 amide bonds. The van der Waals surface area contributed by atoms with Crippen molar-refractivity contribution in [3.05, 3.63) is 5.92 Å². The van der Waals surface area contributed by atoms with E-state index in [1.807, 2.05) is 0 Å². The maximum Gasteiger partial charge on any atom is 0.250 e. The second-order valence-electron chi connectivity index (χ2n) is 2.74. The van der Waals surface area contributed by atoms with Crippen LogP contribution in [0.2, 0.25) is 0 Å². The number of hydrogen-bond acceptors (Lipinski definition) is 3. The van der Waals surface area contributed by atoms with Crippen LogP contribution in [0.1, 0.15) is 6.92 Å². The van der Waals surface area contributed by atoms with Crippen molar-refractivity contribution in [1.29, 1.82) is 0 Å². The van der Waals surface area contributed by atoms with Crippen molar-refractivity contribution in [2.75, 3.05) is 13.7 Å². The molecule has 0 spiro atoms. The first-order valence-corrected chi connectivity index (χ1v) is 3.54. The van der Waals surface area contributed by atoms with Crippen LogP contribution in [0.4, 0.5) is 0 Å². The van der Waals surface area contributed by atoms with E-state index in [2.05, 4.69) is 5.32 Å². The molecule has 0 aromatic carbocycles. The summed E-state index contributed by atoms with van der Waals surface area (Å²) in [5, 5.41) is 2.41. The average Bonchev–Trinajstić information content (AvgIpc) is 2.00. The lowest BCUT2D eigenvalue weighted by Gasteiger charge is -2.41. The van der Waals surface area contributed by atoms with Gasteiger partial charge in [-0.1, -0.05) is 0 Å². The summed E-state index contributed by atoms with van der Waals surface area (Å²) in [6.45, 7) is 1.67. The zero-order valence-electron chi connectivity index (χ0n) is 7.01. The van der Waals surface area contributed by atoms with Gasteiger partial charge in [0.1, 0.15) is 5.92 Å². The minimum atomic E-state index is -1.19. The summed E-state index contributed by atoms with van der Waals surface area (Å²) in [7, 11) is 1.50. The molecular weight excluding hydrogens is 160 g/mol. The highest BCUT2D eigenvalue weighted by molar-refractivity contribution is 6.02. The Kier molecular flexibility index (Phi) is 2.06. The molecule has 0 bridgehead atoms. The van der Waals surface area contributed by atoms with Crippen LogP contribution in [0.25, 0.3) is 0 Å². The van der Waals surface area contributed by atoms with Gasteiger partial charge in [-0.2, -0.15) is 0 Å². The summed E-state index contributed by atoms with van der Waals surface area (Å²) >= 11 is 0. The first-order chi connectivity index (χ1) is 5.52. The maximum atomic E-state index is 11.1. The van der Waals surface area contributed by atoms with Crippen LogP contribution in [0, 0.1) is 5.92 Å². The molecule has 12 heavy (non-hydrogen) atoms. The first kappa shape index (κ1) is 8.99. The van der Waals surface area contributed by atoms with Gasteiger partial charge in [0.15, 0.2) is 5.60 Å². The van der Waals surface area contributed by atoms with E-state index in [4.69, 9.17) is 10.5 Å². The van der Waals surface area contributed by atoms with E-state index in [-0.39, 0.29) is 12.5 Å². The van der Waals surface area contributed by atoms with Gasteiger partial charge in [-0.3, -0.25) is 9.59 Å². The number of carbonyl (C=O) groups excluding carboxylic acids is 2. The van der Waals surface area contributed by atoms with Crippen molar-refractivity contribution in [2.45, 2.75) is 12.5 Å². The minimum absolute atomic E-state index is 0.180. The van der Waals surface area contributed by atoms with Crippen molar-refractivity contribution in [3.8, 4) is 0 Å². The van der Waals surface area contributed by atoms with E-state index in [0.29, 0.717) is 5.92 Å². The number of ether oxygens (including phenoxy) is 1. The Balaban J connectivity index is 2.71. The van der Waals surface area contributed by atoms with Crippen LogP contribution < -0.4 is 11.1 Å². The van der Waals surface area contributed by atoms with Gasteiger partial charge in [0, 0.05) is 7.05 Å². The molecule has 1 aliphatic rings. The number of nitrogens with two attached hydrogens (primary N) is 1. The Hall–Kier alpha value is -1.10. The fourth-order valence-electron chi connectivity index (χ4n) is 1.01. The average molecular weight is 171 g/mol. The second kappa shape index (κ2) is 2.75. The Morgan fingerprint density at radius 1 is 1.67 bits per heavy atom. The van der Waals surface area contributed by atoms with Gasteiger partial charge in [-0.15, -0.1) is 0 Å². The summed E-state index contributed by atoms with van der Waals surface area (Å²) < 4.78 is 4.94. The van der Waals surface area contributed by atoms with Gasteiger partial charge in [0.2, 0.25) is 5.91 Å². The highest BCUT2D eigenvalue weighted by Crippen LogP contribution is 2.34. The Labute approximate surface area is 70.2 Å². The number of amides is 2. The molecule has 67 valence electrons. The number of primary amides is 1. The second-order valence-corrected chi connectivity index (χ2v) is 2.74. The van der Waals surface area contributed by atoms with E-state index in [1.54, 1.807) is 0 Å². The monoisotopic (exact) mass is 171 g/mol. The fourth-order valence-corrected chi connectivity index (χ4v) is 1.01. The minimum Gasteiger partial charge on any atom is -0.367 e. The molecule has 5 heteroatoms. The molecule has 0 aliphatic carbocycles. The van der Waals surface area contributed by atoms with E-state index >= 15 is 0 Å². The first-order valence-electron chi connectivity index (χ1n) is 3.54. The molecular formula is C7H11N2O3. The summed E-state index contributed by atoms with van der Waals surface area (Å²) in [5.74, 6) is -0.535. The normalized spacial score (nSPS) is 29.2. The number of nitrogens with one attached hydrogen (secondary N) is 1. The summed E-state index contributed by atoms with van der Waals surface area (Å²) in [6, 6.07) is 0. The molecule has 3 N–H and O–H groups in total. The third kappa shape index (κ3) is 1.06. The van der Waals surface area contributed by atoms with Gasteiger partial charge >= 0.3 is 0 Å². The highest BCUT2D eigenvalue weighted by Gasteiger charge is 2.53. The van der Waals surface area contributed by atoms with Crippen LogP contribution in [0.5, 0.6) is 0 Å². The molecule has 1 atom stereocenters. The van der Waals surface area contributed by atoms with Crippen molar-refractivity contribution in [2.24, 2.45) is 5.73 Å². The highest BCUT2D eigenvalue weighted by atomic mass is 16.5. The molecule has 1 rings (SSSR count). The summed E-state index contributed by atoms with van der Waals surface area (Å²) in [6.07, 6.45) is 0. The van der Waals surface area contributed by atoms with Gasteiger partial charge in [-0.05, 0) is 6.92 Å². The fraction of sp³-hybridized carbons (Fsp3) is 0.571. The standard InChI is InChI=1S/C7H11N2O3/c1-7(6(8)11)4(3-12-7)5(10)9-2/h3H2,1-2H3,(H2,8,11)(H,9,10). The predicted molar refractivity (Wildman–Crippen MR) is 40.9 cm³/mol. The lowest BCUT2D eigenvalue weighted by molar-refractivity contribution is -0.163. The molecule has 0 saturated carbocycles. The van der Waals surface area contributed by atoms with E-state index < -0.39 is 11.5 Å². The van der Waals surface area contributed by atoms with Crippen molar-refractivity contribution < 1.29 is 14.3 Å². The van der Waals surface area contributed by atoms with Crippen molar-refractivity contribution >= 4 is 11.8 Å². The quantitative estimate of drug-likeness (QED) is 0.535. The number of carbonyl (C=O) groups is 2. The molecule has 1 heterocycles. The van der Waals surface area contributed by atoms with Crippen LogP contribution >= 0.6 is 0 Å². The third-order valence-corrected chi connectivity index (χ3v) is 2.05. The van der Waals surface area contributed by atoms with Gasteiger partial charge in [0.25, 0.3) is 5.91 Å². The predicted octanol–water partition coefficient (Wildman–Crippen LogP) is -1.42. The van der Waals surface area contributed by atoms with E-state index in [0.717, 1.165) is 0 Å². The third-order valence-electron chi connectivity index (χ3n) is 2.05. The SMILES string of the molecule is CNC(=O)[C]1COC1(C)C(N)=O. The van der Waals surface area contributed by atoms with E-state index in [1.165, 1.54) is 14.0 Å². The van der Waals surface area contributed by atoms with Crippen LogP contribution in [-0.2, 0) is 14.3 Å². The Morgan fingerprint density at radius 3 is 2.50 bits per heavy atom. The molecule has 1 unspecified atom stereocenters. The van der Waals surface area contributed by atoms with Gasteiger partial charge in [-0.25, -0.2) is 0 Å². The van der Waals surface area contributed by atoms with Crippen molar-refractivity contribution in [3.63, 3.8) is 0 Å². The maximum absolute atomic E-state index is 11.1. The van der Waals surface area contributed by atoms with Crippen molar-refractivity contribution in [1.82, 2.24) is 5.32 Å². The van der Waals surface area contributed by atoms with E-state index in [9.17, 15) is 9.59 Å². The zero-order chi connectivity index (χ0) is 9.35. The Morgan fingerprint density at radius 2 is 2.25 bits per heavy atom. The molecule has 0 aromatic heterocycles. The van der Waals surface area contributed by atoms with Crippen LogP contribution in [0.3, 0.4) is 0 Å². The topological polar surface area (TPSA) is 81.4 Å².